The van der Waals surface area contributed by atoms with Gasteiger partial charge in [-0.2, -0.15) is 0 Å². The quantitative estimate of drug-likeness (QED) is 0.921. The van der Waals surface area contributed by atoms with E-state index in [0.29, 0.717) is 17.9 Å². The highest BCUT2D eigenvalue weighted by Crippen LogP contribution is 2.33. The summed E-state index contributed by atoms with van der Waals surface area (Å²) >= 11 is 6.02. The van der Waals surface area contributed by atoms with E-state index in [1.165, 1.54) is 0 Å². The molecule has 2 atom stereocenters. The number of nitrogens with zero attached hydrogens (tertiary/aromatic N) is 1. The van der Waals surface area contributed by atoms with E-state index in [9.17, 15) is 9.90 Å². The third-order valence-corrected chi connectivity index (χ3v) is 3.82. The number of hydrogen-bond acceptors (Lipinski definition) is 2. The average molecular weight is 282 g/mol. The van der Waals surface area contributed by atoms with Crippen LogP contribution in [0.4, 0.5) is 0 Å². The lowest BCUT2D eigenvalue weighted by Gasteiger charge is -2.25. The maximum atomic E-state index is 12.2. The summed E-state index contributed by atoms with van der Waals surface area (Å²) in [6.07, 6.45) is 2.53. The van der Waals surface area contributed by atoms with Crippen molar-refractivity contribution in [3.05, 3.63) is 34.9 Å². The highest BCUT2D eigenvalue weighted by molar-refractivity contribution is 6.30. The molecule has 19 heavy (non-hydrogen) atoms. The molecule has 0 aliphatic carbocycles. The minimum absolute atomic E-state index is 0.128. The van der Waals surface area contributed by atoms with Gasteiger partial charge in [0.05, 0.1) is 12.1 Å². The van der Waals surface area contributed by atoms with Crippen molar-refractivity contribution in [1.29, 1.82) is 0 Å². The van der Waals surface area contributed by atoms with Crippen LogP contribution < -0.4 is 0 Å². The minimum Gasteiger partial charge on any atom is -0.393 e. The zero-order valence-corrected chi connectivity index (χ0v) is 11.9. The van der Waals surface area contributed by atoms with E-state index in [2.05, 4.69) is 0 Å². The van der Waals surface area contributed by atoms with Crippen LogP contribution in [0.5, 0.6) is 0 Å². The van der Waals surface area contributed by atoms with E-state index in [-0.39, 0.29) is 11.9 Å². The van der Waals surface area contributed by atoms with Crippen LogP contribution in [0.3, 0.4) is 0 Å². The standard InChI is InChI=1S/C15H20ClNO2/c1-11(18)7-8-15(19)17-9-3-6-14(17)12-4-2-5-13(16)10-12/h2,4-5,10-11,14,18H,3,6-9H2,1H3. The summed E-state index contributed by atoms with van der Waals surface area (Å²) in [7, 11) is 0. The third kappa shape index (κ3) is 3.71. The largest absolute Gasteiger partial charge is 0.393 e. The van der Waals surface area contributed by atoms with Crippen molar-refractivity contribution in [1.82, 2.24) is 4.90 Å². The van der Waals surface area contributed by atoms with Crippen molar-refractivity contribution >= 4 is 17.5 Å². The molecule has 2 unspecified atom stereocenters. The average Bonchev–Trinajstić information content (AvgIpc) is 2.85. The number of aliphatic hydroxyl groups excluding tert-OH is 1. The number of carbonyl (C=O) groups is 1. The fraction of sp³-hybridized carbons (Fsp3) is 0.533. The summed E-state index contributed by atoms with van der Waals surface area (Å²) in [5.74, 6) is 0.128. The van der Waals surface area contributed by atoms with Gasteiger partial charge in [0.1, 0.15) is 0 Å². The second kappa shape index (κ2) is 6.40. The minimum atomic E-state index is -0.420. The Labute approximate surface area is 119 Å². The number of carbonyl (C=O) groups excluding carboxylic acids is 1. The maximum absolute atomic E-state index is 12.2. The smallest absolute Gasteiger partial charge is 0.223 e. The van der Waals surface area contributed by atoms with Crippen molar-refractivity contribution in [2.45, 2.75) is 44.8 Å². The molecule has 4 heteroatoms. The van der Waals surface area contributed by atoms with Gasteiger partial charge in [-0.15, -0.1) is 0 Å². The van der Waals surface area contributed by atoms with Crippen molar-refractivity contribution in [2.24, 2.45) is 0 Å². The highest BCUT2D eigenvalue weighted by atomic mass is 35.5. The Kier molecular flexibility index (Phi) is 4.83. The SMILES string of the molecule is CC(O)CCC(=O)N1CCCC1c1cccc(Cl)c1. The number of halogens is 1. The molecule has 1 saturated heterocycles. The van der Waals surface area contributed by atoms with Gasteiger partial charge < -0.3 is 10.0 Å². The second-order valence-corrected chi connectivity index (χ2v) is 5.62. The van der Waals surface area contributed by atoms with Gasteiger partial charge in [0, 0.05) is 18.0 Å². The van der Waals surface area contributed by atoms with E-state index in [1.54, 1.807) is 6.92 Å². The molecule has 1 fully saturated rings. The first-order chi connectivity index (χ1) is 9.08. The summed E-state index contributed by atoms with van der Waals surface area (Å²) in [5.41, 5.74) is 1.11. The van der Waals surface area contributed by atoms with E-state index in [1.807, 2.05) is 29.2 Å². The topological polar surface area (TPSA) is 40.5 Å². The lowest BCUT2D eigenvalue weighted by molar-refractivity contribution is -0.132. The van der Waals surface area contributed by atoms with E-state index in [0.717, 1.165) is 24.9 Å². The summed E-state index contributed by atoms with van der Waals surface area (Å²) in [4.78, 5) is 14.1. The molecule has 1 aromatic rings. The molecular weight excluding hydrogens is 262 g/mol. The summed E-state index contributed by atoms with van der Waals surface area (Å²) < 4.78 is 0. The Bertz CT molecular complexity index is 448. The monoisotopic (exact) mass is 281 g/mol. The Morgan fingerprint density at radius 2 is 2.37 bits per heavy atom. The molecule has 1 N–H and O–H groups in total. The molecular formula is C15H20ClNO2. The van der Waals surface area contributed by atoms with E-state index < -0.39 is 6.10 Å². The number of rotatable bonds is 4. The van der Waals surface area contributed by atoms with Gasteiger partial charge in [0.25, 0.3) is 0 Å². The van der Waals surface area contributed by atoms with Crippen molar-refractivity contribution in [3.8, 4) is 0 Å². The third-order valence-electron chi connectivity index (χ3n) is 3.58. The van der Waals surface area contributed by atoms with Crippen LogP contribution in [0.1, 0.15) is 44.2 Å². The van der Waals surface area contributed by atoms with Gasteiger partial charge in [-0.25, -0.2) is 0 Å². The Hall–Kier alpha value is -1.06. The summed E-state index contributed by atoms with van der Waals surface area (Å²) in [6, 6.07) is 7.87. The molecule has 3 nitrogen and oxygen atoms in total. The number of benzene rings is 1. The van der Waals surface area contributed by atoms with Crippen LogP contribution in [0.2, 0.25) is 5.02 Å². The first-order valence-corrected chi connectivity index (χ1v) is 7.18. The summed E-state index contributed by atoms with van der Waals surface area (Å²) in [6.45, 7) is 2.52. The van der Waals surface area contributed by atoms with Gasteiger partial charge >= 0.3 is 0 Å². The fourth-order valence-electron chi connectivity index (χ4n) is 2.60. The van der Waals surface area contributed by atoms with Crippen LogP contribution >= 0.6 is 11.6 Å². The molecule has 0 bridgehead atoms. The van der Waals surface area contributed by atoms with E-state index >= 15 is 0 Å². The molecule has 0 saturated carbocycles. The molecule has 0 spiro atoms. The molecule has 1 aromatic carbocycles. The zero-order valence-electron chi connectivity index (χ0n) is 11.2. The van der Waals surface area contributed by atoms with Crippen molar-refractivity contribution in [2.75, 3.05) is 6.54 Å². The number of amides is 1. The van der Waals surface area contributed by atoms with Crippen molar-refractivity contribution < 1.29 is 9.90 Å². The molecule has 0 aromatic heterocycles. The molecule has 1 aliphatic rings. The normalized spacial score (nSPS) is 20.6. The Morgan fingerprint density at radius 1 is 1.58 bits per heavy atom. The molecule has 0 radical (unpaired) electrons. The second-order valence-electron chi connectivity index (χ2n) is 5.19. The predicted octanol–water partition coefficient (Wildman–Crippen LogP) is 3.16. The summed E-state index contributed by atoms with van der Waals surface area (Å²) in [5, 5.41) is 9.98. The Balaban J connectivity index is 2.06. The van der Waals surface area contributed by atoms with Crippen LogP contribution in [-0.4, -0.2) is 28.6 Å². The van der Waals surface area contributed by atoms with E-state index in [4.69, 9.17) is 11.6 Å². The highest BCUT2D eigenvalue weighted by Gasteiger charge is 2.29. The molecule has 1 heterocycles. The van der Waals surface area contributed by atoms with Crippen LogP contribution in [0.25, 0.3) is 0 Å². The fourth-order valence-corrected chi connectivity index (χ4v) is 2.80. The van der Waals surface area contributed by atoms with Gasteiger partial charge in [0.15, 0.2) is 0 Å². The molecule has 1 aliphatic heterocycles. The van der Waals surface area contributed by atoms with Gasteiger partial charge in [0.2, 0.25) is 5.91 Å². The van der Waals surface area contributed by atoms with Crippen LogP contribution in [-0.2, 0) is 4.79 Å². The predicted molar refractivity (Wildman–Crippen MR) is 76.1 cm³/mol. The molecule has 104 valence electrons. The zero-order chi connectivity index (χ0) is 13.8. The van der Waals surface area contributed by atoms with Crippen LogP contribution in [0.15, 0.2) is 24.3 Å². The number of aliphatic hydroxyl groups is 1. The van der Waals surface area contributed by atoms with Gasteiger partial charge in [-0.3, -0.25) is 4.79 Å². The van der Waals surface area contributed by atoms with Crippen LogP contribution in [0, 0.1) is 0 Å². The first kappa shape index (κ1) is 14.4. The van der Waals surface area contributed by atoms with Gasteiger partial charge in [-0.1, -0.05) is 23.7 Å². The molecule has 1 amide bonds. The lowest BCUT2D eigenvalue weighted by Crippen LogP contribution is -2.30. The lowest BCUT2D eigenvalue weighted by atomic mass is 10.0. The number of hydrogen-bond donors (Lipinski definition) is 1. The number of likely N-dealkylation sites (tertiary alicyclic amines) is 1. The maximum Gasteiger partial charge on any atom is 0.223 e. The Morgan fingerprint density at radius 3 is 3.05 bits per heavy atom. The van der Waals surface area contributed by atoms with Gasteiger partial charge in [-0.05, 0) is 43.9 Å². The first-order valence-electron chi connectivity index (χ1n) is 6.81. The molecule has 2 rings (SSSR count). The van der Waals surface area contributed by atoms with Crippen molar-refractivity contribution in [3.63, 3.8) is 0 Å².